The fourth-order valence-electron chi connectivity index (χ4n) is 7.59. The molecular weight excluding hydrogens is 482 g/mol. The quantitative estimate of drug-likeness (QED) is 0.436. The summed E-state index contributed by atoms with van der Waals surface area (Å²) < 4.78 is 11.8. The van der Waals surface area contributed by atoms with Gasteiger partial charge < -0.3 is 25.0 Å². The Morgan fingerprint density at radius 3 is 2.45 bits per heavy atom. The maximum atomic E-state index is 14.3. The average molecular weight is 522 g/mol. The monoisotopic (exact) mass is 521 g/mol. The van der Waals surface area contributed by atoms with E-state index in [1.54, 1.807) is 19.2 Å². The van der Waals surface area contributed by atoms with E-state index >= 15 is 0 Å². The van der Waals surface area contributed by atoms with E-state index in [-0.39, 0.29) is 29.8 Å². The van der Waals surface area contributed by atoms with Gasteiger partial charge in [0.1, 0.15) is 17.4 Å². The summed E-state index contributed by atoms with van der Waals surface area (Å²) >= 11 is 0. The second-order valence-electron chi connectivity index (χ2n) is 11.7. The van der Waals surface area contributed by atoms with Crippen LogP contribution in [0.2, 0.25) is 0 Å². The van der Waals surface area contributed by atoms with Crippen LogP contribution in [0.1, 0.15) is 70.6 Å². The third-order valence-corrected chi connectivity index (χ3v) is 9.37. The van der Waals surface area contributed by atoms with Gasteiger partial charge in [0.25, 0.3) is 0 Å². The van der Waals surface area contributed by atoms with Gasteiger partial charge in [-0.2, -0.15) is 0 Å². The number of amides is 3. The van der Waals surface area contributed by atoms with Crippen molar-refractivity contribution in [3.05, 3.63) is 36.4 Å². The SMILES string of the molecule is COc1cccc(NC(=O)C2C3C=CC4(O3)C2C(=O)N(C2CCCCCC2)C4C(=O)NC2CCCCC2)c1. The van der Waals surface area contributed by atoms with Crippen LogP contribution in [0.25, 0.3) is 0 Å². The molecule has 0 radical (unpaired) electrons. The minimum Gasteiger partial charge on any atom is -0.497 e. The number of nitrogens with one attached hydrogen (secondary N) is 2. The van der Waals surface area contributed by atoms with Crippen molar-refractivity contribution in [1.29, 1.82) is 0 Å². The van der Waals surface area contributed by atoms with Gasteiger partial charge in [0.15, 0.2) is 0 Å². The standard InChI is InChI=1S/C30H39N3O5/c1-37-22-15-9-12-20(18-22)32-27(34)24-23-16-17-30(38-23)25(24)29(36)33(21-13-7-2-3-8-14-21)26(30)28(35)31-19-10-5-4-6-11-19/h9,12,15-19,21,23-26H,2-8,10-11,13-14H2,1H3,(H,31,35)(H,32,34). The van der Waals surface area contributed by atoms with Crippen molar-refractivity contribution in [1.82, 2.24) is 10.2 Å². The Morgan fingerprint density at radius 1 is 1.00 bits per heavy atom. The minimum atomic E-state index is -1.11. The average Bonchev–Trinajstić information content (AvgIpc) is 3.48. The summed E-state index contributed by atoms with van der Waals surface area (Å²) in [4.78, 5) is 43.8. The molecule has 1 aromatic rings. The van der Waals surface area contributed by atoms with E-state index in [1.807, 2.05) is 29.2 Å². The van der Waals surface area contributed by atoms with Crippen LogP contribution in [0.3, 0.4) is 0 Å². The third-order valence-electron chi connectivity index (χ3n) is 9.37. The van der Waals surface area contributed by atoms with Crippen LogP contribution < -0.4 is 15.4 Å². The molecule has 5 atom stereocenters. The lowest BCUT2D eigenvalue weighted by molar-refractivity contribution is -0.144. The second-order valence-corrected chi connectivity index (χ2v) is 11.7. The molecule has 2 saturated carbocycles. The number of methoxy groups -OCH3 is 1. The summed E-state index contributed by atoms with van der Waals surface area (Å²) in [5, 5.41) is 6.28. The van der Waals surface area contributed by atoms with Crippen molar-refractivity contribution in [2.24, 2.45) is 11.8 Å². The molecular formula is C30H39N3O5. The summed E-state index contributed by atoms with van der Waals surface area (Å²) in [5.41, 5.74) is -0.503. The van der Waals surface area contributed by atoms with Gasteiger partial charge in [0, 0.05) is 23.8 Å². The Morgan fingerprint density at radius 2 is 1.71 bits per heavy atom. The zero-order valence-electron chi connectivity index (χ0n) is 22.2. The lowest BCUT2D eigenvalue weighted by Gasteiger charge is -2.37. The smallest absolute Gasteiger partial charge is 0.246 e. The number of benzene rings is 1. The first-order chi connectivity index (χ1) is 18.5. The summed E-state index contributed by atoms with van der Waals surface area (Å²) in [7, 11) is 1.58. The van der Waals surface area contributed by atoms with Gasteiger partial charge >= 0.3 is 0 Å². The van der Waals surface area contributed by atoms with E-state index in [1.165, 1.54) is 6.42 Å². The molecule has 0 aromatic heterocycles. The molecule has 4 fully saturated rings. The van der Waals surface area contributed by atoms with Gasteiger partial charge in [-0.3, -0.25) is 14.4 Å². The molecule has 5 aliphatic rings. The number of hydrogen-bond donors (Lipinski definition) is 2. The molecule has 2 bridgehead atoms. The Hall–Kier alpha value is -2.87. The minimum absolute atomic E-state index is 0.00905. The number of anilines is 1. The molecule has 2 aliphatic carbocycles. The second kappa shape index (κ2) is 10.4. The van der Waals surface area contributed by atoms with Gasteiger partial charge in [-0.15, -0.1) is 0 Å². The molecule has 6 rings (SSSR count). The van der Waals surface area contributed by atoms with E-state index in [9.17, 15) is 14.4 Å². The first kappa shape index (κ1) is 25.4. The van der Waals surface area contributed by atoms with Crippen LogP contribution in [0.5, 0.6) is 5.75 Å². The van der Waals surface area contributed by atoms with Crippen LogP contribution in [0, 0.1) is 11.8 Å². The molecule has 38 heavy (non-hydrogen) atoms. The maximum Gasteiger partial charge on any atom is 0.246 e. The molecule has 3 heterocycles. The Labute approximate surface area is 224 Å². The Balaban J connectivity index is 1.31. The number of carbonyl (C=O) groups excluding carboxylic acids is 3. The van der Waals surface area contributed by atoms with Crippen molar-refractivity contribution in [3.8, 4) is 5.75 Å². The third kappa shape index (κ3) is 4.31. The van der Waals surface area contributed by atoms with Crippen LogP contribution >= 0.6 is 0 Å². The fourth-order valence-corrected chi connectivity index (χ4v) is 7.59. The lowest BCUT2D eigenvalue weighted by atomic mass is 9.74. The molecule has 3 amide bonds. The molecule has 1 aromatic carbocycles. The highest BCUT2D eigenvalue weighted by atomic mass is 16.5. The predicted octanol–water partition coefficient (Wildman–Crippen LogP) is 3.96. The molecule has 8 nitrogen and oxygen atoms in total. The first-order valence-corrected chi connectivity index (χ1v) is 14.5. The zero-order valence-corrected chi connectivity index (χ0v) is 22.2. The molecule has 2 saturated heterocycles. The molecule has 2 N–H and O–H groups in total. The van der Waals surface area contributed by atoms with Gasteiger partial charge in [0.2, 0.25) is 17.7 Å². The lowest BCUT2D eigenvalue weighted by Crippen LogP contribution is -2.58. The molecule has 3 aliphatic heterocycles. The largest absolute Gasteiger partial charge is 0.497 e. The highest BCUT2D eigenvalue weighted by Gasteiger charge is 2.73. The van der Waals surface area contributed by atoms with Gasteiger partial charge in [-0.1, -0.05) is 63.2 Å². The number of rotatable bonds is 6. The van der Waals surface area contributed by atoms with E-state index in [0.717, 1.165) is 64.2 Å². The number of hydrogen-bond acceptors (Lipinski definition) is 5. The summed E-state index contributed by atoms with van der Waals surface area (Å²) in [6.07, 6.45) is 14.8. The van der Waals surface area contributed by atoms with Crippen molar-refractivity contribution >= 4 is 23.4 Å². The van der Waals surface area contributed by atoms with Gasteiger partial charge in [-0.05, 0) is 37.8 Å². The van der Waals surface area contributed by atoms with E-state index < -0.39 is 29.6 Å². The van der Waals surface area contributed by atoms with Crippen LogP contribution in [0.4, 0.5) is 5.69 Å². The zero-order chi connectivity index (χ0) is 26.3. The van der Waals surface area contributed by atoms with E-state index in [0.29, 0.717) is 11.4 Å². The highest BCUT2D eigenvalue weighted by Crippen LogP contribution is 2.56. The number of likely N-dealkylation sites (tertiary alicyclic amines) is 1. The first-order valence-electron chi connectivity index (χ1n) is 14.5. The molecule has 204 valence electrons. The summed E-state index contributed by atoms with van der Waals surface area (Å²) in [5.74, 6) is -1.27. The van der Waals surface area contributed by atoms with Crippen LogP contribution in [0.15, 0.2) is 36.4 Å². The molecule has 5 unspecified atom stereocenters. The summed E-state index contributed by atoms with van der Waals surface area (Å²) in [6.45, 7) is 0. The number of ether oxygens (including phenoxy) is 2. The van der Waals surface area contributed by atoms with E-state index in [2.05, 4.69) is 10.6 Å². The van der Waals surface area contributed by atoms with Crippen molar-refractivity contribution < 1.29 is 23.9 Å². The highest BCUT2D eigenvalue weighted by molar-refractivity contribution is 6.03. The number of nitrogens with zero attached hydrogens (tertiary/aromatic N) is 1. The topological polar surface area (TPSA) is 97.0 Å². The van der Waals surface area contributed by atoms with Crippen LogP contribution in [-0.4, -0.2) is 59.6 Å². The van der Waals surface area contributed by atoms with Crippen molar-refractivity contribution in [2.45, 2.75) is 100 Å². The fraction of sp³-hybridized carbons (Fsp3) is 0.633. The predicted molar refractivity (Wildman–Crippen MR) is 142 cm³/mol. The van der Waals surface area contributed by atoms with Crippen LogP contribution in [-0.2, 0) is 19.1 Å². The number of fused-ring (bicyclic) bond motifs is 1. The van der Waals surface area contributed by atoms with E-state index in [4.69, 9.17) is 9.47 Å². The Bertz CT molecular complexity index is 1110. The van der Waals surface area contributed by atoms with Gasteiger partial charge in [0.05, 0.1) is 25.0 Å². The van der Waals surface area contributed by atoms with Crippen molar-refractivity contribution in [3.63, 3.8) is 0 Å². The molecule has 1 spiro atoms. The van der Waals surface area contributed by atoms with Crippen molar-refractivity contribution in [2.75, 3.05) is 12.4 Å². The number of carbonyl (C=O) groups is 3. The van der Waals surface area contributed by atoms with Gasteiger partial charge in [-0.25, -0.2) is 0 Å². The Kier molecular flexibility index (Phi) is 6.93. The normalized spacial score (nSPS) is 33.2. The maximum absolute atomic E-state index is 14.3. The molecule has 8 heteroatoms. The summed E-state index contributed by atoms with van der Waals surface area (Å²) in [6, 6.07) is 6.56.